The zero-order valence-corrected chi connectivity index (χ0v) is 18.9. The molecule has 2 aliphatic rings. The summed E-state index contributed by atoms with van der Waals surface area (Å²) in [5.74, 6) is 0.125. The summed E-state index contributed by atoms with van der Waals surface area (Å²) in [7, 11) is 0. The number of benzene rings is 2. The Hall–Kier alpha value is -3.84. The predicted octanol–water partition coefficient (Wildman–Crippen LogP) is 4.24. The molecule has 2 amide bonds. The highest BCUT2D eigenvalue weighted by atomic mass is 19.4. The van der Waals surface area contributed by atoms with E-state index in [1.165, 1.54) is 4.90 Å². The summed E-state index contributed by atoms with van der Waals surface area (Å²) in [6, 6.07) is 6.00. The number of aromatic amines is 1. The van der Waals surface area contributed by atoms with E-state index in [1.54, 1.807) is 18.2 Å². The first-order valence-corrected chi connectivity index (χ1v) is 11.2. The van der Waals surface area contributed by atoms with Gasteiger partial charge in [-0.2, -0.15) is 41.8 Å². The second-order valence-electron chi connectivity index (χ2n) is 9.10. The van der Waals surface area contributed by atoms with E-state index < -0.39 is 41.7 Å². The van der Waals surface area contributed by atoms with Crippen molar-refractivity contribution in [2.24, 2.45) is 17.8 Å². The van der Waals surface area contributed by atoms with Gasteiger partial charge < -0.3 is 15.0 Å². The largest absolute Gasteiger partial charge is 0.445 e. The molecule has 2 aromatic carbocycles. The number of nitrogens with zero attached hydrogens (tertiary/aromatic N) is 3. The van der Waals surface area contributed by atoms with Crippen molar-refractivity contribution in [1.82, 2.24) is 25.6 Å². The van der Waals surface area contributed by atoms with Crippen LogP contribution in [0.2, 0.25) is 0 Å². The molecule has 1 aliphatic heterocycles. The lowest BCUT2D eigenvalue weighted by molar-refractivity contribution is -0.143. The maximum Gasteiger partial charge on any atom is 0.416 e. The van der Waals surface area contributed by atoms with Crippen LogP contribution >= 0.6 is 0 Å². The fourth-order valence-electron chi connectivity index (χ4n) is 4.73. The van der Waals surface area contributed by atoms with Crippen LogP contribution in [-0.2, 0) is 23.7 Å². The highest BCUT2D eigenvalue weighted by Crippen LogP contribution is 2.51. The zero-order valence-electron chi connectivity index (χ0n) is 18.9. The number of piperidine rings is 1. The molecule has 1 aromatic heterocycles. The lowest BCUT2D eigenvalue weighted by atomic mass is 10.1. The summed E-state index contributed by atoms with van der Waals surface area (Å²) in [4.78, 5) is 26.2. The molecule has 14 heteroatoms. The second-order valence-corrected chi connectivity index (χ2v) is 9.10. The molecule has 1 saturated carbocycles. The monoisotopic (exact) mass is 527 g/mol. The third kappa shape index (κ3) is 5.18. The van der Waals surface area contributed by atoms with Crippen molar-refractivity contribution in [1.29, 1.82) is 0 Å². The molecule has 8 nitrogen and oxygen atoms in total. The lowest BCUT2D eigenvalue weighted by Gasteiger charge is -2.20. The van der Waals surface area contributed by atoms with Crippen LogP contribution in [-0.4, -0.2) is 51.9 Å². The van der Waals surface area contributed by atoms with Gasteiger partial charge in [-0.1, -0.05) is 0 Å². The minimum atomic E-state index is -4.98. The fraction of sp³-hybridized carbons (Fsp3) is 0.391. The minimum Gasteiger partial charge on any atom is -0.445 e. The quantitative estimate of drug-likeness (QED) is 0.484. The van der Waals surface area contributed by atoms with Crippen molar-refractivity contribution in [3.8, 4) is 0 Å². The average Bonchev–Trinajstić information content (AvgIpc) is 3.19. The molecule has 0 radical (unpaired) electrons. The maximum atomic E-state index is 13.0. The van der Waals surface area contributed by atoms with Gasteiger partial charge >= 0.3 is 18.4 Å². The molecule has 2 fully saturated rings. The van der Waals surface area contributed by atoms with Gasteiger partial charge in [-0.25, -0.2) is 4.79 Å². The lowest BCUT2D eigenvalue weighted by Crippen LogP contribution is -2.34. The summed E-state index contributed by atoms with van der Waals surface area (Å²) in [5.41, 5.74) is -1.73. The maximum absolute atomic E-state index is 13.0. The number of likely N-dealkylation sites (tertiary alicyclic amines) is 1. The van der Waals surface area contributed by atoms with E-state index in [0.29, 0.717) is 48.4 Å². The number of hydrogen-bond acceptors (Lipinski definition) is 5. The Labute approximate surface area is 204 Å². The molecule has 0 spiro atoms. The van der Waals surface area contributed by atoms with E-state index in [4.69, 9.17) is 4.74 Å². The number of fused-ring (bicyclic) bond motifs is 2. The highest BCUT2D eigenvalue weighted by molar-refractivity contribution is 5.97. The number of hydrogen-bond donors (Lipinski definition) is 2. The van der Waals surface area contributed by atoms with Crippen molar-refractivity contribution >= 4 is 23.0 Å². The van der Waals surface area contributed by atoms with Crippen LogP contribution in [0, 0.1) is 17.8 Å². The molecule has 2 heterocycles. The molecule has 0 bridgehead atoms. The number of amides is 2. The fourth-order valence-corrected chi connectivity index (χ4v) is 4.73. The van der Waals surface area contributed by atoms with Crippen molar-refractivity contribution in [2.45, 2.75) is 19.0 Å². The zero-order chi connectivity index (χ0) is 26.5. The van der Waals surface area contributed by atoms with E-state index in [-0.39, 0.29) is 29.7 Å². The summed E-state index contributed by atoms with van der Waals surface area (Å²) in [6.07, 6.45) is -10.8. The summed E-state index contributed by atoms with van der Waals surface area (Å²) < 4.78 is 83.0. The summed E-state index contributed by atoms with van der Waals surface area (Å²) in [5, 5.41) is 13.2. The molecular formula is C23H19F6N5O3. The molecule has 1 saturated heterocycles. The van der Waals surface area contributed by atoms with Crippen molar-refractivity contribution < 1.29 is 40.7 Å². The molecule has 1 aliphatic carbocycles. The molecular weight excluding hydrogens is 508 g/mol. The van der Waals surface area contributed by atoms with Gasteiger partial charge in [0.15, 0.2) is 0 Å². The van der Waals surface area contributed by atoms with Gasteiger partial charge in [-0.3, -0.25) is 4.79 Å². The van der Waals surface area contributed by atoms with Crippen molar-refractivity contribution in [3.63, 3.8) is 0 Å². The molecule has 37 heavy (non-hydrogen) atoms. The Morgan fingerprint density at radius 3 is 2.19 bits per heavy atom. The van der Waals surface area contributed by atoms with Crippen molar-refractivity contribution in [2.75, 3.05) is 19.6 Å². The average molecular weight is 527 g/mol. The number of aromatic nitrogens is 3. The normalized spacial score (nSPS) is 21.1. The van der Waals surface area contributed by atoms with Crippen LogP contribution in [0.15, 0.2) is 36.4 Å². The Morgan fingerprint density at radius 2 is 1.57 bits per heavy atom. The number of alkyl halides is 6. The van der Waals surface area contributed by atoms with E-state index in [1.807, 2.05) is 0 Å². The van der Waals surface area contributed by atoms with E-state index >= 15 is 0 Å². The predicted molar refractivity (Wildman–Crippen MR) is 115 cm³/mol. The Morgan fingerprint density at radius 1 is 0.946 bits per heavy atom. The number of carbonyl (C=O) groups excluding carboxylic acids is 2. The van der Waals surface area contributed by atoms with Crippen LogP contribution in [0.4, 0.5) is 31.1 Å². The van der Waals surface area contributed by atoms with Gasteiger partial charge in [0.2, 0.25) is 0 Å². The Kier molecular flexibility index (Phi) is 5.99. The van der Waals surface area contributed by atoms with Crippen LogP contribution in [0.25, 0.3) is 11.0 Å². The van der Waals surface area contributed by atoms with Gasteiger partial charge in [0.25, 0.3) is 5.91 Å². The SMILES string of the molecule is O=C(NCC1[C@H]2CN(C(=O)OCc3cc(C(F)(F)F)cc(C(F)(F)F)c3)C[C@@H]12)c1ccc2n[nH]nc2c1. The first kappa shape index (κ1) is 24.8. The first-order chi connectivity index (χ1) is 17.4. The van der Waals surface area contributed by atoms with Crippen LogP contribution in [0.3, 0.4) is 0 Å². The molecule has 2 N–H and O–H groups in total. The standard InChI is InChI=1S/C23H19F6N5O3/c24-22(25,26)13-3-11(4-14(6-13)23(27,28)29)10-37-21(36)34-8-16-15(17(16)9-34)7-30-20(35)12-1-2-18-19(5-12)32-33-31-18/h1-6,15-17H,7-10H2,(H,30,35)(H,31,32,33)/t15?,16-,17+. The van der Waals surface area contributed by atoms with Gasteiger partial charge in [0, 0.05) is 25.2 Å². The molecule has 3 atom stereocenters. The number of carbonyl (C=O) groups is 2. The van der Waals surface area contributed by atoms with Crippen molar-refractivity contribution in [3.05, 3.63) is 58.7 Å². The summed E-state index contributed by atoms with van der Waals surface area (Å²) in [6.45, 7) is 0.321. The smallest absolute Gasteiger partial charge is 0.416 e. The Balaban J connectivity index is 1.11. The van der Waals surface area contributed by atoms with Gasteiger partial charge in [0.05, 0.1) is 11.1 Å². The Bertz CT molecular complexity index is 1310. The third-order valence-corrected chi connectivity index (χ3v) is 6.72. The third-order valence-electron chi connectivity index (χ3n) is 6.72. The molecule has 3 aromatic rings. The van der Waals surface area contributed by atoms with Crippen LogP contribution in [0.1, 0.15) is 27.0 Å². The highest BCUT2D eigenvalue weighted by Gasteiger charge is 2.56. The van der Waals surface area contributed by atoms with E-state index in [0.717, 1.165) is 0 Å². The van der Waals surface area contributed by atoms with Gasteiger partial charge in [-0.15, -0.1) is 0 Å². The van der Waals surface area contributed by atoms with Crippen LogP contribution < -0.4 is 5.32 Å². The summed E-state index contributed by atoms with van der Waals surface area (Å²) >= 11 is 0. The number of nitrogens with one attached hydrogen (secondary N) is 2. The number of rotatable bonds is 5. The second kappa shape index (κ2) is 8.92. The van der Waals surface area contributed by atoms with Crippen LogP contribution in [0.5, 0.6) is 0 Å². The minimum absolute atomic E-state index is 0.0188. The number of ether oxygens (including phenoxy) is 1. The number of halogens is 6. The van der Waals surface area contributed by atoms with E-state index in [2.05, 4.69) is 20.7 Å². The molecule has 1 unspecified atom stereocenters. The van der Waals surface area contributed by atoms with Gasteiger partial charge in [0.1, 0.15) is 17.6 Å². The topological polar surface area (TPSA) is 100 Å². The molecule has 5 rings (SSSR count). The first-order valence-electron chi connectivity index (χ1n) is 11.2. The van der Waals surface area contributed by atoms with Gasteiger partial charge in [-0.05, 0) is 59.7 Å². The molecule has 196 valence electrons. The van der Waals surface area contributed by atoms with E-state index in [9.17, 15) is 35.9 Å². The number of H-pyrrole nitrogens is 1.